The highest BCUT2D eigenvalue weighted by Gasteiger charge is 2.34. The molecule has 5 nitrogen and oxygen atoms in total. The molecular weight excluding hydrogens is 467 g/mol. The Hall–Kier alpha value is -3.06. The first kappa shape index (κ1) is 24.1. The Balaban J connectivity index is 1.62. The lowest BCUT2D eigenvalue weighted by atomic mass is 9.93. The van der Waals surface area contributed by atoms with Crippen LogP contribution in [0.3, 0.4) is 0 Å². The molecule has 1 saturated heterocycles. The zero-order chi connectivity index (χ0) is 24.3. The lowest BCUT2D eigenvalue weighted by Gasteiger charge is -2.45. The van der Waals surface area contributed by atoms with Crippen LogP contribution < -0.4 is 4.90 Å². The highest BCUT2D eigenvalue weighted by molar-refractivity contribution is 6.31. The number of hydrogen-bond donors (Lipinski definition) is 1. The average Bonchev–Trinajstić information content (AvgIpc) is 2.84. The van der Waals surface area contributed by atoms with Crippen LogP contribution >= 0.6 is 23.2 Å². The van der Waals surface area contributed by atoms with Gasteiger partial charge < -0.3 is 10.0 Å². The molecule has 0 unspecified atom stereocenters. The predicted octanol–water partition coefficient (Wildman–Crippen LogP) is 5.51. The predicted molar refractivity (Wildman–Crippen MR) is 135 cm³/mol. The van der Waals surface area contributed by atoms with Crippen LogP contribution in [0.15, 0.2) is 66.7 Å². The van der Waals surface area contributed by atoms with E-state index in [9.17, 15) is 10.4 Å². The molecule has 0 aliphatic carbocycles. The Labute approximate surface area is 210 Å². The molecule has 0 bridgehead atoms. The van der Waals surface area contributed by atoms with Crippen molar-refractivity contribution < 1.29 is 5.11 Å². The van der Waals surface area contributed by atoms with Gasteiger partial charge in [-0.15, -0.1) is 0 Å². The number of hydrogen-bond acceptors (Lipinski definition) is 5. The minimum Gasteiger partial charge on any atom is -0.384 e. The van der Waals surface area contributed by atoms with Gasteiger partial charge in [-0.1, -0.05) is 47.5 Å². The normalized spacial score (nSPS) is 18.1. The van der Waals surface area contributed by atoms with E-state index >= 15 is 0 Å². The zero-order valence-electron chi connectivity index (χ0n) is 18.7. The number of β-amino-alcohol motifs (C(OH)–C–C–N with tert-alkyl or cyclic N) is 1. The van der Waals surface area contributed by atoms with Crippen LogP contribution in [-0.4, -0.2) is 36.2 Å². The van der Waals surface area contributed by atoms with Crippen molar-refractivity contribution in [1.29, 1.82) is 10.5 Å². The minimum atomic E-state index is -1.08. The molecule has 4 rings (SSSR count). The van der Waals surface area contributed by atoms with Gasteiger partial charge in [0.1, 0.15) is 6.07 Å². The molecule has 3 aromatic rings. The third-order valence-corrected chi connectivity index (χ3v) is 6.76. The molecule has 0 aromatic heterocycles. The fourth-order valence-electron chi connectivity index (χ4n) is 4.52. The summed E-state index contributed by atoms with van der Waals surface area (Å²) in [6.45, 7) is 4.27. The van der Waals surface area contributed by atoms with Crippen LogP contribution in [-0.2, 0) is 5.60 Å². The molecule has 2 atom stereocenters. The van der Waals surface area contributed by atoms with Gasteiger partial charge >= 0.3 is 0 Å². The molecule has 1 aliphatic rings. The van der Waals surface area contributed by atoms with Crippen molar-refractivity contribution in [3.63, 3.8) is 0 Å². The topological polar surface area (TPSA) is 74.3 Å². The summed E-state index contributed by atoms with van der Waals surface area (Å²) in [5, 5.41) is 31.2. The quantitative estimate of drug-likeness (QED) is 0.510. The lowest BCUT2D eigenvalue weighted by molar-refractivity contribution is 0.0103. The van der Waals surface area contributed by atoms with E-state index in [1.807, 2.05) is 30.3 Å². The molecule has 7 heteroatoms. The summed E-state index contributed by atoms with van der Waals surface area (Å²) < 4.78 is 0. The van der Waals surface area contributed by atoms with E-state index in [0.717, 1.165) is 16.8 Å². The average molecular weight is 491 g/mol. The van der Waals surface area contributed by atoms with Gasteiger partial charge in [-0.2, -0.15) is 10.5 Å². The van der Waals surface area contributed by atoms with Crippen molar-refractivity contribution in [3.8, 4) is 12.1 Å². The Bertz CT molecular complexity index is 1240. The van der Waals surface area contributed by atoms with E-state index in [1.54, 1.807) is 43.3 Å². The zero-order valence-corrected chi connectivity index (χ0v) is 20.3. The summed E-state index contributed by atoms with van der Waals surface area (Å²) in [6.07, 6.45) is 0. The van der Waals surface area contributed by atoms with Crippen molar-refractivity contribution >= 4 is 28.9 Å². The largest absolute Gasteiger partial charge is 0.384 e. The standard InChI is InChI=1S/C27H24Cl2N4O/c1-27(34,22-6-2-19(15-30)3-7-22)18-32-12-13-33(25-11-10-24(29)14-21(25)16-31)26(17-32)20-4-8-23(28)9-5-20/h2-11,14,26,34H,12-13,17-18H2,1H3/t26-,27+/m0/s1. The van der Waals surface area contributed by atoms with Crippen molar-refractivity contribution in [3.05, 3.63) is 99.0 Å². The van der Waals surface area contributed by atoms with Gasteiger partial charge in [-0.25, -0.2) is 0 Å². The number of nitriles is 2. The monoisotopic (exact) mass is 490 g/mol. The van der Waals surface area contributed by atoms with Gasteiger partial charge in [-0.3, -0.25) is 4.90 Å². The van der Waals surface area contributed by atoms with Crippen molar-refractivity contribution in [2.75, 3.05) is 31.1 Å². The molecule has 0 spiro atoms. The molecule has 0 amide bonds. The first-order valence-corrected chi connectivity index (χ1v) is 11.7. The summed E-state index contributed by atoms with van der Waals surface area (Å²) in [4.78, 5) is 4.46. The molecule has 3 aromatic carbocycles. The summed E-state index contributed by atoms with van der Waals surface area (Å²) in [7, 11) is 0. The fraction of sp³-hybridized carbons (Fsp3) is 0.259. The second-order valence-electron chi connectivity index (χ2n) is 8.73. The summed E-state index contributed by atoms with van der Waals surface area (Å²) >= 11 is 12.3. The Morgan fingerprint density at radius 1 is 0.941 bits per heavy atom. The Kier molecular flexibility index (Phi) is 7.12. The number of aliphatic hydroxyl groups is 1. The first-order chi connectivity index (χ1) is 16.3. The number of benzene rings is 3. The van der Waals surface area contributed by atoms with Gasteiger partial charge in [0.05, 0.1) is 34.5 Å². The maximum absolute atomic E-state index is 11.3. The van der Waals surface area contributed by atoms with Crippen molar-refractivity contribution in [2.24, 2.45) is 0 Å². The van der Waals surface area contributed by atoms with Crippen LogP contribution in [0, 0.1) is 22.7 Å². The van der Waals surface area contributed by atoms with E-state index < -0.39 is 5.60 Å². The Morgan fingerprint density at radius 3 is 2.26 bits per heavy atom. The van der Waals surface area contributed by atoms with Crippen LogP contribution in [0.5, 0.6) is 0 Å². The molecule has 34 heavy (non-hydrogen) atoms. The van der Waals surface area contributed by atoms with Gasteiger partial charge in [0.25, 0.3) is 0 Å². The van der Waals surface area contributed by atoms with Crippen molar-refractivity contribution in [2.45, 2.75) is 18.6 Å². The number of nitrogens with zero attached hydrogens (tertiary/aromatic N) is 4. The van der Waals surface area contributed by atoms with E-state index in [4.69, 9.17) is 28.5 Å². The first-order valence-electron chi connectivity index (χ1n) is 11.0. The van der Waals surface area contributed by atoms with Gasteiger partial charge in [-0.05, 0) is 60.5 Å². The third-order valence-electron chi connectivity index (χ3n) is 6.28. The third kappa shape index (κ3) is 5.20. The molecular formula is C27H24Cl2N4O. The maximum atomic E-state index is 11.3. The molecule has 0 radical (unpaired) electrons. The number of piperazine rings is 1. The van der Waals surface area contributed by atoms with E-state index in [1.165, 1.54) is 0 Å². The van der Waals surface area contributed by atoms with E-state index in [0.29, 0.717) is 47.4 Å². The SMILES string of the molecule is C[C@@](O)(CN1CCN(c2ccc(Cl)cc2C#N)[C@H](c2ccc(Cl)cc2)C1)c1ccc(C#N)cc1. The van der Waals surface area contributed by atoms with Gasteiger partial charge in [0.2, 0.25) is 0 Å². The molecule has 172 valence electrons. The maximum Gasteiger partial charge on any atom is 0.101 e. The smallest absolute Gasteiger partial charge is 0.101 e. The molecule has 0 saturated carbocycles. The second kappa shape index (κ2) is 10.1. The highest BCUT2D eigenvalue weighted by atomic mass is 35.5. The number of anilines is 1. The van der Waals surface area contributed by atoms with Crippen LogP contribution in [0.1, 0.15) is 35.2 Å². The lowest BCUT2D eigenvalue weighted by Crippen LogP contribution is -2.52. The fourth-order valence-corrected chi connectivity index (χ4v) is 4.82. The number of rotatable bonds is 5. The van der Waals surface area contributed by atoms with Gasteiger partial charge in [0, 0.05) is 36.2 Å². The van der Waals surface area contributed by atoms with Crippen molar-refractivity contribution in [1.82, 2.24) is 4.90 Å². The van der Waals surface area contributed by atoms with E-state index in [-0.39, 0.29) is 6.04 Å². The molecule has 1 heterocycles. The van der Waals surface area contributed by atoms with Crippen LogP contribution in [0.2, 0.25) is 10.0 Å². The summed E-state index contributed by atoms with van der Waals surface area (Å²) in [5.74, 6) is 0. The number of halogens is 2. The Morgan fingerprint density at radius 2 is 1.62 bits per heavy atom. The molecule has 1 N–H and O–H groups in total. The van der Waals surface area contributed by atoms with Gasteiger partial charge in [0.15, 0.2) is 0 Å². The summed E-state index contributed by atoms with van der Waals surface area (Å²) in [5.41, 5.74) is 2.69. The molecule has 1 fully saturated rings. The minimum absolute atomic E-state index is 0.0453. The summed E-state index contributed by atoms with van der Waals surface area (Å²) in [6, 6.07) is 24.5. The highest BCUT2D eigenvalue weighted by Crippen LogP contribution is 2.35. The van der Waals surface area contributed by atoms with Crippen LogP contribution in [0.25, 0.3) is 0 Å². The molecule has 1 aliphatic heterocycles. The second-order valence-corrected chi connectivity index (χ2v) is 9.61. The van der Waals surface area contributed by atoms with E-state index in [2.05, 4.69) is 21.9 Å². The van der Waals surface area contributed by atoms with Crippen LogP contribution in [0.4, 0.5) is 5.69 Å².